The van der Waals surface area contributed by atoms with Crippen LogP contribution in [0.4, 0.5) is 5.82 Å². The summed E-state index contributed by atoms with van der Waals surface area (Å²) in [5.41, 5.74) is 3.59. The number of hydrogen-bond donors (Lipinski definition) is 2. The normalized spacial score (nSPS) is 12.6. The van der Waals surface area contributed by atoms with E-state index in [-0.39, 0.29) is 12.5 Å². The lowest BCUT2D eigenvalue weighted by Gasteiger charge is -2.17. The molecule has 3 aromatic heterocycles. The number of aliphatic hydroxyl groups excluding tert-OH is 1. The number of benzene rings is 1. The first-order valence-corrected chi connectivity index (χ1v) is 10.9. The number of rotatable bonds is 7. The third kappa shape index (κ3) is 4.65. The Morgan fingerprint density at radius 2 is 2.03 bits per heavy atom. The van der Waals surface area contributed by atoms with Gasteiger partial charge in [-0.25, -0.2) is 14.2 Å². The van der Waals surface area contributed by atoms with Crippen LogP contribution in [0.2, 0.25) is 0 Å². The fourth-order valence-corrected chi connectivity index (χ4v) is 3.43. The number of anilines is 1. The van der Waals surface area contributed by atoms with E-state index in [9.17, 15) is 9.90 Å². The van der Waals surface area contributed by atoms with Crippen LogP contribution in [0.1, 0.15) is 35.5 Å². The molecule has 0 aliphatic rings. The predicted octanol–water partition coefficient (Wildman–Crippen LogP) is 3.37. The van der Waals surface area contributed by atoms with Crippen molar-refractivity contribution < 1.29 is 9.90 Å². The van der Waals surface area contributed by atoms with Crippen LogP contribution in [0.3, 0.4) is 0 Å². The minimum absolute atomic E-state index is 0.143. The molecule has 0 aliphatic carbocycles. The van der Waals surface area contributed by atoms with Crippen molar-refractivity contribution in [3.63, 3.8) is 0 Å². The first-order chi connectivity index (χ1) is 16.3. The highest BCUT2D eigenvalue weighted by atomic mass is 16.3. The second-order valence-electron chi connectivity index (χ2n) is 8.49. The van der Waals surface area contributed by atoms with Gasteiger partial charge in [0.2, 0.25) is 0 Å². The zero-order valence-electron chi connectivity index (χ0n) is 19.6. The molecule has 0 aliphatic heterocycles. The fraction of sp³-hybridized carbons (Fsp3) is 0.240. The Kier molecular flexibility index (Phi) is 6.38. The van der Waals surface area contributed by atoms with E-state index in [1.54, 1.807) is 40.8 Å². The van der Waals surface area contributed by atoms with Gasteiger partial charge in [-0.05, 0) is 31.2 Å². The van der Waals surface area contributed by atoms with Crippen LogP contribution >= 0.6 is 0 Å². The summed E-state index contributed by atoms with van der Waals surface area (Å²) < 4.78 is 3.27. The third-order valence-electron chi connectivity index (χ3n) is 5.56. The summed E-state index contributed by atoms with van der Waals surface area (Å²) in [6, 6.07) is 11.5. The molecule has 0 saturated heterocycles. The molecule has 0 radical (unpaired) electrons. The summed E-state index contributed by atoms with van der Waals surface area (Å²) in [4.78, 5) is 21.5. The van der Waals surface area contributed by atoms with E-state index < -0.39 is 5.41 Å². The molecule has 0 saturated carbocycles. The lowest BCUT2D eigenvalue weighted by molar-refractivity contribution is 0.102. The minimum Gasteiger partial charge on any atom is -0.390 e. The number of aliphatic imine (C=N–C) groups is 1. The number of amides is 1. The van der Waals surface area contributed by atoms with E-state index in [1.165, 1.54) is 6.20 Å². The van der Waals surface area contributed by atoms with Gasteiger partial charge in [-0.1, -0.05) is 37.6 Å². The van der Waals surface area contributed by atoms with Crippen LogP contribution < -0.4 is 5.32 Å². The van der Waals surface area contributed by atoms with Gasteiger partial charge < -0.3 is 10.4 Å². The van der Waals surface area contributed by atoms with Crippen molar-refractivity contribution in [1.82, 2.24) is 24.4 Å². The van der Waals surface area contributed by atoms with E-state index in [2.05, 4.69) is 20.4 Å². The Morgan fingerprint density at radius 1 is 1.26 bits per heavy atom. The summed E-state index contributed by atoms with van der Waals surface area (Å²) in [7, 11) is 1.64. The number of fused-ring (bicyclic) bond motifs is 1. The Balaban J connectivity index is 1.74. The second-order valence-corrected chi connectivity index (χ2v) is 8.49. The Hall–Kier alpha value is -4.11. The third-order valence-corrected chi connectivity index (χ3v) is 5.56. The molecule has 174 valence electrons. The lowest BCUT2D eigenvalue weighted by Crippen LogP contribution is -2.16. The number of allylic oxidation sites excluding steroid dienone is 1. The molecule has 3 heterocycles. The molecule has 4 rings (SSSR count). The van der Waals surface area contributed by atoms with Gasteiger partial charge in [0.05, 0.1) is 29.9 Å². The van der Waals surface area contributed by atoms with Crippen molar-refractivity contribution >= 4 is 23.1 Å². The lowest BCUT2D eigenvalue weighted by atomic mass is 9.88. The van der Waals surface area contributed by atoms with Gasteiger partial charge in [-0.3, -0.25) is 9.79 Å². The molecule has 1 aromatic carbocycles. The quantitative estimate of drug-likeness (QED) is 0.414. The average molecular weight is 458 g/mol. The SMILES string of the molecule is CN=C(/C=C\C(C)(C)c1cc(NC(=O)c2cnn3cccnc23)n(-c2ccc(C)cc2)n1)CO. The van der Waals surface area contributed by atoms with E-state index in [0.29, 0.717) is 22.7 Å². The highest BCUT2D eigenvalue weighted by Gasteiger charge is 2.25. The molecule has 1 amide bonds. The number of aliphatic hydroxyl groups is 1. The number of hydrogen-bond acceptors (Lipinski definition) is 6. The Morgan fingerprint density at radius 3 is 2.74 bits per heavy atom. The van der Waals surface area contributed by atoms with Crippen LogP contribution in [0.25, 0.3) is 11.3 Å². The molecule has 2 N–H and O–H groups in total. The molecule has 0 unspecified atom stereocenters. The molecular weight excluding hydrogens is 430 g/mol. The van der Waals surface area contributed by atoms with Crippen LogP contribution in [0.5, 0.6) is 0 Å². The molecule has 0 spiro atoms. The summed E-state index contributed by atoms with van der Waals surface area (Å²) in [5.74, 6) is 0.190. The maximum absolute atomic E-state index is 13.2. The van der Waals surface area contributed by atoms with Gasteiger partial charge in [0.1, 0.15) is 11.4 Å². The van der Waals surface area contributed by atoms with E-state index in [4.69, 9.17) is 5.10 Å². The molecule has 0 bridgehead atoms. The number of aryl methyl sites for hydroxylation is 1. The monoisotopic (exact) mass is 457 g/mol. The van der Waals surface area contributed by atoms with Crippen molar-refractivity contribution in [3.8, 4) is 5.69 Å². The van der Waals surface area contributed by atoms with Gasteiger partial charge in [0, 0.05) is 30.9 Å². The van der Waals surface area contributed by atoms with Crippen LogP contribution in [0, 0.1) is 6.92 Å². The topological polar surface area (TPSA) is 110 Å². The van der Waals surface area contributed by atoms with E-state index >= 15 is 0 Å². The fourth-order valence-electron chi connectivity index (χ4n) is 3.43. The van der Waals surface area contributed by atoms with Crippen LogP contribution in [0.15, 0.2) is 72.1 Å². The molecular formula is C25H27N7O2. The molecule has 0 fully saturated rings. The summed E-state index contributed by atoms with van der Waals surface area (Å²) in [5, 5.41) is 21.4. The maximum atomic E-state index is 13.2. The molecule has 9 heteroatoms. The van der Waals surface area contributed by atoms with Gasteiger partial charge in [0.25, 0.3) is 5.91 Å². The highest BCUT2D eigenvalue weighted by Crippen LogP contribution is 2.29. The number of carbonyl (C=O) groups excluding carboxylic acids is 1. The second kappa shape index (κ2) is 9.40. The maximum Gasteiger partial charge on any atom is 0.262 e. The zero-order valence-corrected chi connectivity index (χ0v) is 19.6. The first-order valence-electron chi connectivity index (χ1n) is 10.9. The van der Waals surface area contributed by atoms with Crippen LogP contribution in [-0.4, -0.2) is 54.8 Å². The highest BCUT2D eigenvalue weighted by molar-refractivity contribution is 6.07. The number of nitrogens with one attached hydrogen (secondary N) is 1. The Bertz CT molecular complexity index is 1380. The van der Waals surface area contributed by atoms with Gasteiger partial charge in [-0.2, -0.15) is 10.2 Å². The van der Waals surface area contributed by atoms with Crippen molar-refractivity contribution in [2.45, 2.75) is 26.2 Å². The van der Waals surface area contributed by atoms with Crippen LogP contribution in [-0.2, 0) is 5.41 Å². The van der Waals surface area contributed by atoms with Crippen molar-refractivity contribution in [2.24, 2.45) is 4.99 Å². The predicted molar refractivity (Wildman–Crippen MR) is 132 cm³/mol. The Labute approximate surface area is 197 Å². The number of nitrogens with zero attached hydrogens (tertiary/aromatic N) is 6. The van der Waals surface area contributed by atoms with Crippen molar-refractivity contribution in [2.75, 3.05) is 19.0 Å². The average Bonchev–Trinajstić information content (AvgIpc) is 3.45. The van der Waals surface area contributed by atoms with E-state index in [0.717, 1.165) is 16.9 Å². The van der Waals surface area contributed by atoms with Crippen molar-refractivity contribution in [1.29, 1.82) is 0 Å². The first kappa shape index (κ1) is 23.1. The standard InChI is InChI=1S/C25H27N7O2/c1-17-6-8-19(9-7-17)32-22(14-21(30-32)25(2,3)11-10-18(16-33)26-4)29-24(34)20-15-28-31-13-5-12-27-23(20)31/h5-15,33H,16H2,1-4H3,(H,29,34)/b11-10-,26-18?. The molecule has 34 heavy (non-hydrogen) atoms. The largest absolute Gasteiger partial charge is 0.390 e. The molecule has 4 aromatic rings. The van der Waals surface area contributed by atoms with Gasteiger partial charge in [0.15, 0.2) is 5.65 Å². The summed E-state index contributed by atoms with van der Waals surface area (Å²) in [6.45, 7) is 5.89. The van der Waals surface area contributed by atoms with E-state index in [1.807, 2.05) is 57.2 Å². The molecule has 9 nitrogen and oxygen atoms in total. The zero-order chi connectivity index (χ0) is 24.3. The smallest absolute Gasteiger partial charge is 0.262 e. The molecule has 0 atom stereocenters. The number of aromatic nitrogens is 5. The number of carbonyl (C=O) groups is 1. The van der Waals surface area contributed by atoms with Gasteiger partial charge >= 0.3 is 0 Å². The summed E-state index contributed by atoms with van der Waals surface area (Å²) >= 11 is 0. The minimum atomic E-state index is -0.494. The van der Waals surface area contributed by atoms with Crippen molar-refractivity contribution in [3.05, 3.63) is 84.0 Å². The summed E-state index contributed by atoms with van der Waals surface area (Å²) in [6.07, 6.45) is 8.58. The van der Waals surface area contributed by atoms with Gasteiger partial charge in [-0.15, -0.1) is 0 Å².